The molecular formula is C26H27NO6S. The highest BCUT2D eigenvalue weighted by molar-refractivity contribution is 7.90. The quantitative estimate of drug-likeness (QED) is 0.318. The Bertz CT molecular complexity index is 1220. The van der Waals surface area contributed by atoms with Crippen LogP contribution < -0.4 is 19.5 Å². The summed E-state index contributed by atoms with van der Waals surface area (Å²) in [6.07, 6.45) is 4.18. The van der Waals surface area contributed by atoms with Gasteiger partial charge in [0.2, 0.25) is 5.91 Å². The lowest BCUT2D eigenvalue weighted by Crippen LogP contribution is -2.10. The molecule has 0 heterocycles. The van der Waals surface area contributed by atoms with Crippen molar-refractivity contribution < 1.29 is 27.4 Å². The van der Waals surface area contributed by atoms with Crippen LogP contribution in [0.2, 0.25) is 0 Å². The number of amides is 1. The van der Waals surface area contributed by atoms with Gasteiger partial charge in [-0.1, -0.05) is 24.3 Å². The second-order valence-corrected chi connectivity index (χ2v) is 9.28. The third-order valence-corrected chi connectivity index (χ3v) is 5.73. The van der Waals surface area contributed by atoms with Gasteiger partial charge in [-0.25, -0.2) is 8.42 Å². The summed E-state index contributed by atoms with van der Waals surface area (Å²) in [6, 6.07) is 20.9. The largest absolute Gasteiger partial charge is 0.490 e. The summed E-state index contributed by atoms with van der Waals surface area (Å²) in [7, 11) is -3.28. The molecule has 7 nitrogen and oxygen atoms in total. The van der Waals surface area contributed by atoms with Gasteiger partial charge in [0.1, 0.15) is 19.0 Å². The molecule has 0 bridgehead atoms. The molecule has 178 valence electrons. The molecule has 1 N–H and O–H groups in total. The van der Waals surface area contributed by atoms with Gasteiger partial charge in [0.15, 0.2) is 21.3 Å². The van der Waals surface area contributed by atoms with Gasteiger partial charge in [0.25, 0.3) is 0 Å². The molecule has 3 aromatic carbocycles. The Kier molecular flexibility index (Phi) is 8.70. The average Bonchev–Trinajstić information content (AvgIpc) is 2.82. The number of nitrogens with one attached hydrogen (secondary N) is 1. The molecule has 34 heavy (non-hydrogen) atoms. The van der Waals surface area contributed by atoms with Crippen molar-refractivity contribution in [3.05, 3.63) is 84.4 Å². The number of rotatable bonds is 11. The topological polar surface area (TPSA) is 90.9 Å². The molecule has 1 amide bonds. The number of hydrogen-bond donors (Lipinski definition) is 1. The molecule has 0 aliphatic carbocycles. The van der Waals surface area contributed by atoms with Crippen molar-refractivity contribution in [1.29, 1.82) is 0 Å². The summed E-state index contributed by atoms with van der Waals surface area (Å²) < 4.78 is 40.2. The molecule has 8 heteroatoms. The van der Waals surface area contributed by atoms with Crippen LogP contribution in [0.5, 0.6) is 17.2 Å². The molecular weight excluding hydrogens is 454 g/mol. The predicted octanol–water partition coefficient (Wildman–Crippen LogP) is 4.60. The van der Waals surface area contributed by atoms with Crippen LogP contribution in [-0.2, 0) is 14.6 Å². The number of carbonyl (C=O) groups is 1. The van der Waals surface area contributed by atoms with Crippen LogP contribution in [0.15, 0.2) is 83.8 Å². The van der Waals surface area contributed by atoms with Gasteiger partial charge in [-0.05, 0) is 67.1 Å². The van der Waals surface area contributed by atoms with Crippen LogP contribution in [0.3, 0.4) is 0 Å². The lowest BCUT2D eigenvalue weighted by atomic mass is 10.2. The van der Waals surface area contributed by atoms with E-state index in [1.165, 1.54) is 18.2 Å². The lowest BCUT2D eigenvalue weighted by Gasteiger charge is -2.13. The Balaban J connectivity index is 1.57. The highest BCUT2D eigenvalue weighted by Crippen LogP contribution is 2.29. The first-order valence-electron chi connectivity index (χ1n) is 10.7. The van der Waals surface area contributed by atoms with Crippen molar-refractivity contribution in [2.24, 2.45) is 0 Å². The second-order valence-electron chi connectivity index (χ2n) is 7.27. The first-order chi connectivity index (χ1) is 16.3. The SMILES string of the molecule is CCOc1cc(/C=C/C(=O)Nc2ccc(S(C)(=O)=O)cc2)ccc1OCCOc1ccccc1. The van der Waals surface area contributed by atoms with E-state index in [9.17, 15) is 13.2 Å². The number of anilines is 1. The van der Waals surface area contributed by atoms with E-state index in [1.54, 1.807) is 30.3 Å². The number of sulfone groups is 1. The molecule has 3 aromatic rings. The monoisotopic (exact) mass is 481 g/mol. The molecule has 0 aliphatic rings. The number of para-hydroxylation sites is 1. The van der Waals surface area contributed by atoms with E-state index in [0.717, 1.165) is 17.6 Å². The minimum absolute atomic E-state index is 0.193. The Hall–Kier alpha value is -3.78. The number of carbonyl (C=O) groups excluding carboxylic acids is 1. The molecule has 0 spiro atoms. The first kappa shape index (κ1) is 24.9. The van der Waals surface area contributed by atoms with Gasteiger partial charge < -0.3 is 19.5 Å². The normalized spacial score (nSPS) is 11.2. The summed E-state index contributed by atoms with van der Waals surface area (Å²) in [6.45, 7) is 3.09. The number of hydrogen-bond acceptors (Lipinski definition) is 6. The van der Waals surface area contributed by atoms with E-state index in [1.807, 2.05) is 43.3 Å². The molecule has 0 saturated heterocycles. The zero-order valence-corrected chi connectivity index (χ0v) is 19.9. The minimum atomic E-state index is -3.28. The van der Waals surface area contributed by atoms with Crippen LogP contribution in [0.4, 0.5) is 5.69 Å². The maximum Gasteiger partial charge on any atom is 0.248 e. The highest BCUT2D eigenvalue weighted by atomic mass is 32.2. The Morgan fingerprint density at radius 1 is 0.882 bits per heavy atom. The Labute approximate surface area is 199 Å². The number of benzene rings is 3. The van der Waals surface area contributed by atoms with Crippen LogP contribution in [0, 0.1) is 0 Å². The molecule has 0 radical (unpaired) electrons. The maximum absolute atomic E-state index is 12.3. The fourth-order valence-corrected chi connectivity index (χ4v) is 3.62. The highest BCUT2D eigenvalue weighted by Gasteiger charge is 2.08. The maximum atomic E-state index is 12.3. The minimum Gasteiger partial charge on any atom is -0.490 e. The van der Waals surface area contributed by atoms with Gasteiger partial charge >= 0.3 is 0 Å². The average molecular weight is 482 g/mol. The van der Waals surface area contributed by atoms with E-state index in [4.69, 9.17) is 14.2 Å². The van der Waals surface area contributed by atoms with Gasteiger partial charge in [0, 0.05) is 18.0 Å². The van der Waals surface area contributed by atoms with Crippen LogP contribution >= 0.6 is 0 Å². The molecule has 0 saturated carbocycles. The molecule has 0 aliphatic heterocycles. The summed E-state index contributed by atoms with van der Waals surface area (Å²) in [5.74, 6) is 1.59. The van der Waals surface area contributed by atoms with Gasteiger partial charge in [-0.3, -0.25) is 4.79 Å². The Morgan fingerprint density at radius 3 is 2.26 bits per heavy atom. The third-order valence-electron chi connectivity index (χ3n) is 4.60. The van der Waals surface area contributed by atoms with E-state index in [0.29, 0.717) is 37.0 Å². The van der Waals surface area contributed by atoms with Crippen molar-refractivity contribution in [1.82, 2.24) is 0 Å². The van der Waals surface area contributed by atoms with Gasteiger partial charge in [0.05, 0.1) is 11.5 Å². The first-order valence-corrected chi connectivity index (χ1v) is 12.6. The fraction of sp³-hybridized carbons (Fsp3) is 0.192. The smallest absolute Gasteiger partial charge is 0.248 e. The molecule has 3 rings (SSSR count). The summed E-state index contributed by atoms with van der Waals surface area (Å²) >= 11 is 0. The van der Waals surface area contributed by atoms with Crippen LogP contribution in [0.25, 0.3) is 6.08 Å². The predicted molar refractivity (Wildman–Crippen MR) is 132 cm³/mol. The van der Waals surface area contributed by atoms with Crippen molar-refractivity contribution in [2.75, 3.05) is 31.4 Å². The molecule has 0 fully saturated rings. The fourth-order valence-electron chi connectivity index (χ4n) is 2.99. The third kappa shape index (κ3) is 7.67. The summed E-state index contributed by atoms with van der Waals surface area (Å²) in [4.78, 5) is 12.4. The van der Waals surface area contributed by atoms with E-state index < -0.39 is 9.84 Å². The van der Waals surface area contributed by atoms with Crippen molar-refractivity contribution in [3.63, 3.8) is 0 Å². The van der Waals surface area contributed by atoms with Crippen molar-refractivity contribution >= 4 is 27.5 Å². The van der Waals surface area contributed by atoms with Gasteiger partial charge in [-0.15, -0.1) is 0 Å². The zero-order chi connectivity index (χ0) is 24.4. The second kappa shape index (κ2) is 11.9. The van der Waals surface area contributed by atoms with Crippen LogP contribution in [0.1, 0.15) is 12.5 Å². The number of ether oxygens (including phenoxy) is 3. The standard InChI is InChI=1S/C26H27NO6S/c1-3-31-25-19-20(9-15-24(25)33-18-17-32-22-7-5-4-6-8-22)10-16-26(28)27-21-11-13-23(14-12-21)34(2,29)30/h4-16,19H,3,17-18H2,1-2H3,(H,27,28)/b16-10+. The zero-order valence-electron chi connectivity index (χ0n) is 19.1. The molecule has 0 unspecified atom stereocenters. The summed E-state index contributed by atoms with van der Waals surface area (Å²) in [5, 5.41) is 2.70. The van der Waals surface area contributed by atoms with E-state index in [2.05, 4.69) is 5.32 Å². The van der Waals surface area contributed by atoms with Gasteiger partial charge in [-0.2, -0.15) is 0 Å². The van der Waals surface area contributed by atoms with Crippen molar-refractivity contribution in [3.8, 4) is 17.2 Å². The molecule has 0 atom stereocenters. The Morgan fingerprint density at radius 2 is 1.59 bits per heavy atom. The van der Waals surface area contributed by atoms with E-state index in [-0.39, 0.29) is 10.8 Å². The lowest BCUT2D eigenvalue weighted by molar-refractivity contribution is -0.111. The van der Waals surface area contributed by atoms with Crippen molar-refractivity contribution in [2.45, 2.75) is 11.8 Å². The molecule has 0 aromatic heterocycles. The van der Waals surface area contributed by atoms with E-state index >= 15 is 0 Å². The van der Waals surface area contributed by atoms with Crippen LogP contribution in [-0.4, -0.2) is 40.4 Å². The summed E-state index contributed by atoms with van der Waals surface area (Å²) in [5.41, 5.74) is 1.26.